The maximum atomic E-state index is 14.4. The second-order valence-electron chi connectivity index (χ2n) is 17.7. The number of nitrogens with one attached hydrogen (secondary N) is 1. The average molecular weight is 672 g/mol. The summed E-state index contributed by atoms with van der Waals surface area (Å²) in [7, 11) is 0. The summed E-state index contributed by atoms with van der Waals surface area (Å²) in [6.07, 6.45) is 5.42. The van der Waals surface area contributed by atoms with Gasteiger partial charge in [0.25, 0.3) is 0 Å². The molecule has 0 radical (unpaired) electrons. The van der Waals surface area contributed by atoms with E-state index in [1.54, 1.807) is 12.1 Å². The van der Waals surface area contributed by atoms with Crippen LogP contribution in [0.5, 0.6) is 5.75 Å². The van der Waals surface area contributed by atoms with Crippen molar-refractivity contribution >= 4 is 11.9 Å². The molecule has 0 unspecified atom stereocenters. The zero-order chi connectivity index (χ0) is 35.1. The van der Waals surface area contributed by atoms with Gasteiger partial charge in [-0.15, -0.1) is 13.2 Å². The minimum Gasteiger partial charge on any atom is -0.462 e. The summed E-state index contributed by atoms with van der Waals surface area (Å²) in [6, 6.07) is 5.76. The molecule has 266 valence electrons. The highest BCUT2D eigenvalue weighted by atomic mass is 19.4. The van der Waals surface area contributed by atoms with Crippen molar-refractivity contribution in [3.8, 4) is 5.75 Å². The van der Waals surface area contributed by atoms with E-state index >= 15 is 0 Å². The van der Waals surface area contributed by atoms with E-state index in [2.05, 4.69) is 58.2 Å². The lowest BCUT2D eigenvalue weighted by Gasteiger charge is -2.72. The van der Waals surface area contributed by atoms with Gasteiger partial charge in [0.05, 0.1) is 5.41 Å². The van der Waals surface area contributed by atoms with Gasteiger partial charge in [-0.2, -0.15) is 0 Å². The standard InChI is InChI=1S/C40H56F3NO4/c1-24(2)28-15-20-39(34(46)44-23-26-9-11-27(12-10-26)48-40(41,42)43)22-21-37(7)29(33(28)39)13-14-31-36(6)18-17-32(47-25(3)45)35(4,5)30(36)16-19-38(31,37)8/h9-12,28-33H,1,13-23H2,2-8H3,(H,44,46)/t28-,29+,30-,31+,32-,33+,36-,37+,38+,39-/m0/s1. The fourth-order valence-electron chi connectivity index (χ4n) is 13.1. The third-order valence-corrected chi connectivity index (χ3v) is 15.4. The van der Waals surface area contributed by atoms with Crippen LogP contribution in [0.1, 0.15) is 118 Å². The zero-order valence-electron chi connectivity index (χ0n) is 30.0. The van der Waals surface area contributed by atoms with Crippen LogP contribution in [-0.4, -0.2) is 24.3 Å². The van der Waals surface area contributed by atoms with Gasteiger partial charge in [0.1, 0.15) is 11.9 Å². The SMILES string of the molecule is C=C(C)[C@@H]1CC[C@]2(C(=O)NCc3ccc(OC(F)(F)F)cc3)CC[C@]3(C)[C@H](CC[C@@H]4[C@@]5(C)CC[C@H](OC(C)=O)C(C)(C)[C@@H]5CC[C@]43C)[C@@H]12. The van der Waals surface area contributed by atoms with E-state index in [1.807, 2.05) is 0 Å². The minimum atomic E-state index is -4.74. The Morgan fingerprint density at radius 3 is 2.17 bits per heavy atom. The number of ether oxygens (including phenoxy) is 2. The van der Waals surface area contributed by atoms with Crippen LogP contribution in [0.4, 0.5) is 13.2 Å². The highest BCUT2D eigenvalue weighted by Gasteiger charge is 2.72. The molecule has 1 N–H and O–H groups in total. The number of esters is 1. The maximum Gasteiger partial charge on any atom is 0.573 e. The van der Waals surface area contributed by atoms with Crippen molar-refractivity contribution in [1.82, 2.24) is 5.32 Å². The number of hydrogen-bond donors (Lipinski definition) is 1. The monoisotopic (exact) mass is 671 g/mol. The summed E-state index contributed by atoms with van der Waals surface area (Å²) < 4.78 is 47.9. The number of fused-ring (bicyclic) bond motifs is 7. The molecule has 0 spiro atoms. The number of amides is 1. The van der Waals surface area contributed by atoms with Crippen molar-refractivity contribution < 1.29 is 32.2 Å². The Morgan fingerprint density at radius 1 is 0.854 bits per heavy atom. The van der Waals surface area contributed by atoms with Crippen molar-refractivity contribution in [2.24, 2.45) is 56.7 Å². The molecule has 0 aromatic heterocycles. The Kier molecular flexibility index (Phi) is 8.67. The molecule has 1 aromatic rings. The summed E-state index contributed by atoms with van der Waals surface area (Å²) in [5.41, 5.74) is 1.74. The van der Waals surface area contributed by atoms with Crippen molar-refractivity contribution in [1.29, 1.82) is 0 Å². The number of benzene rings is 1. The van der Waals surface area contributed by atoms with Gasteiger partial charge in [0.2, 0.25) is 5.91 Å². The number of hydrogen-bond acceptors (Lipinski definition) is 4. The molecule has 0 heterocycles. The number of carbonyl (C=O) groups excluding carboxylic acids is 2. The average Bonchev–Trinajstić information content (AvgIpc) is 3.39. The summed E-state index contributed by atoms with van der Waals surface area (Å²) >= 11 is 0. The lowest BCUT2D eigenvalue weighted by molar-refractivity contribution is -0.274. The molecule has 5 nitrogen and oxygen atoms in total. The van der Waals surface area contributed by atoms with Crippen LogP contribution in [0.3, 0.4) is 0 Å². The van der Waals surface area contributed by atoms with Crippen molar-refractivity contribution in [2.45, 2.75) is 132 Å². The van der Waals surface area contributed by atoms with Crippen LogP contribution < -0.4 is 10.1 Å². The molecule has 0 aliphatic heterocycles. The summed E-state index contributed by atoms with van der Waals surface area (Å²) in [5.74, 6) is 1.61. The van der Waals surface area contributed by atoms with Gasteiger partial charge in [0.15, 0.2) is 0 Å². The molecule has 0 saturated heterocycles. The molecule has 6 rings (SSSR count). The maximum absolute atomic E-state index is 14.4. The van der Waals surface area contributed by atoms with Gasteiger partial charge in [0, 0.05) is 18.9 Å². The Balaban J connectivity index is 1.25. The number of allylic oxidation sites excluding steroid dienone is 1. The Morgan fingerprint density at radius 2 is 1.54 bits per heavy atom. The van der Waals surface area contributed by atoms with Gasteiger partial charge in [-0.3, -0.25) is 9.59 Å². The molecule has 8 heteroatoms. The van der Waals surface area contributed by atoms with Crippen molar-refractivity contribution in [2.75, 3.05) is 0 Å². The first-order valence-corrected chi connectivity index (χ1v) is 18.2. The van der Waals surface area contributed by atoms with E-state index in [4.69, 9.17) is 4.74 Å². The summed E-state index contributed by atoms with van der Waals surface area (Å²) in [6.45, 7) is 20.7. The van der Waals surface area contributed by atoms with E-state index in [0.717, 1.165) is 69.8 Å². The molecule has 5 aliphatic rings. The quantitative estimate of drug-likeness (QED) is 0.242. The molecule has 5 aliphatic carbocycles. The highest BCUT2D eigenvalue weighted by Crippen LogP contribution is 2.77. The van der Waals surface area contributed by atoms with E-state index < -0.39 is 11.8 Å². The largest absolute Gasteiger partial charge is 0.573 e. The molecule has 1 aromatic carbocycles. The van der Waals surface area contributed by atoms with Gasteiger partial charge in [-0.25, -0.2) is 0 Å². The topological polar surface area (TPSA) is 64.6 Å². The van der Waals surface area contributed by atoms with Gasteiger partial charge >= 0.3 is 12.3 Å². The third kappa shape index (κ3) is 5.41. The van der Waals surface area contributed by atoms with E-state index in [9.17, 15) is 22.8 Å². The normalized spacial score (nSPS) is 41.5. The van der Waals surface area contributed by atoms with Crippen LogP contribution in [0, 0.1) is 56.7 Å². The first kappa shape index (κ1) is 35.3. The molecule has 5 saturated carbocycles. The molecular weight excluding hydrogens is 615 g/mol. The second-order valence-corrected chi connectivity index (χ2v) is 17.7. The van der Waals surface area contributed by atoms with Crippen LogP contribution in [0.2, 0.25) is 0 Å². The van der Waals surface area contributed by atoms with Crippen LogP contribution in [0.25, 0.3) is 0 Å². The van der Waals surface area contributed by atoms with E-state index in [1.165, 1.54) is 24.6 Å². The first-order valence-electron chi connectivity index (χ1n) is 18.2. The smallest absolute Gasteiger partial charge is 0.462 e. The number of rotatable bonds is 6. The number of carbonyl (C=O) groups is 2. The summed E-state index contributed by atoms with van der Waals surface area (Å²) in [4.78, 5) is 26.4. The van der Waals surface area contributed by atoms with Crippen molar-refractivity contribution in [3.63, 3.8) is 0 Å². The van der Waals surface area contributed by atoms with Crippen LogP contribution in [-0.2, 0) is 20.9 Å². The Labute approximate surface area is 285 Å². The first-order chi connectivity index (χ1) is 22.3. The predicted octanol–water partition coefficient (Wildman–Crippen LogP) is 9.79. The van der Waals surface area contributed by atoms with Crippen LogP contribution >= 0.6 is 0 Å². The number of halogens is 3. The Hall–Kier alpha value is -2.51. The molecule has 48 heavy (non-hydrogen) atoms. The summed E-state index contributed by atoms with van der Waals surface area (Å²) in [5, 5.41) is 3.23. The Bertz CT molecular complexity index is 1440. The lowest BCUT2D eigenvalue weighted by Crippen LogP contribution is -2.67. The molecular formula is C40H56F3NO4. The molecule has 10 atom stereocenters. The molecule has 0 bridgehead atoms. The lowest BCUT2D eigenvalue weighted by atomic mass is 9.32. The fourth-order valence-corrected chi connectivity index (χ4v) is 13.1. The minimum absolute atomic E-state index is 0.0425. The highest BCUT2D eigenvalue weighted by molar-refractivity contribution is 5.84. The van der Waals surface area contributed by atoms with E-state index in [0.29, 0.717) is 23.7 Å². The molecule has 1 amide bonds. The molecule has 5 fully saturated rings. The zero-order valence-corrected chi connectivity index (χ0v) is 30.0. The van der Waals surface area contributed by atoms with Crippen molar-refractivity contribution in [3.05, 3.63) is 42.0 Å². The predicted molar refractivity (Wildman–Crippen MR) is 179 cm³/mol. The van der Waals surface area contributed by atoms with Gasteiger partial charge in [-0.1, -0.05) is 58.9 Å². The van der Waals surface area contributed by atoms with Gasteiger partial charge in [-0.05, 0) is 135 Å². The van der Waals surface area contributed by atoms with Crippen LogP contribution in [0.15, 0.2) is 36.4 Å². The number of alkyl halides is 3. The second kappa shape index (κ2) is 11.8. The third-order valence-electron chi connectivity index (χ3n) is 15.4. The van der Waals surface area contributed by atoms with E-state index in [-0.39, 0.29) is 57.9 Å². The van der Waals surface area contributed by atoms with Gasteiger partial charge < -0.3 is 14.8 Å². The fraction of sp³-hybridized carbons (Fsp3) is 0.750.